The molecular formula is C107H104N26O15S. The van der Waals surface area contributed by atoms with E-state index in [9.17, 15) is 22.8 Å². The highest BCUT2D eigenvalue weighted by Crippen LogP contribution is 2.43. The lowest BCUT2D eigenvalue weighted by molar-refractivity contribution is -0.141. The zero-order chi connectivity index (χ0) is 105. The number of aryl methyl sites for hydroxylation is 3. The molecule has 149 heavy (non-hydrogen) atoms. The standard InChI is InChI=1S/C26H27N5O6.C23H25N5O5S.C20H19N5O2.C19H16N6O.C19H17N5O/c1-34-20-12-18(13-21(35-2)24(20)37-4)29-26-28-14-17-8-9-31(25(17)30-26)19-7-5-6-16(10-19)11-22(32)27-15-23(33)36-3;1-24-34(29,30)20-8-6-5-7-16(20)14-28-10-9-15-13-25-23(27-22(15)28)26-17-11-18(31-2)21(33-4)19(12-17)32-3;1-13-4-6-16(26-2)10-17(13)23-20-22-11-14-8-9-25(19(14)24-20)15-5-7-18(27-3)21-12-15;1-12-5-6-13(17(20)26)10-15(12)23-19-22-11-14-7-9-25(18(14)24-19)16-4-2-3-8-21-16;1-13-11-16(25-2)3-4-17(13)22-19-21-12-14-7-10-24(18(14)23-19)15-5-8-20-9-6-15/h5-10,12-14H,11,15H2,1-4H3,(H,27,32)(H,28,29,30);5-13,24H,14H2,1-4H3,(H,25,26,27);4-12H,1-3H3,(H,22,23,24);2-11H,1H3,(H2,20,26)(H,22,23,24);3-12H,1-2H3,(H,21,22,23). The van der Waals surface area contributed by atoms with Crippen LogP contribution in [0.15, 0.2) is 292 Å². The minimum atomic E-state index is -3.60. The smallest absolute Gasteiger partial charge is 0.325 e. The highest BCUT2D eigenvalue weighted by molar-refractivity contribution is 7.89. The molecule has 9 N–H and O–H groups in total. The number of ether oxygens (including phenoxy) is 10. The van der Waals surface area contributed by atoms with Gasteiger partial charge in [-0.3, -0.25) is 28.5 Å². The average molecular weight is 2030 g/mol. The van der Waals surface area contributed by atoms with Crippen LogP contribution in [0.3, 0.4) is 0 Å². The van der Waals surface area contributed by atoms with Crippen LogP contribution in [0.2, 0.25) is 0 Å². The Hall–Kier alpha value is -19.4. The van der Waals surface area contributed by atoms with Gasteiger partial charge in [-0.25, -0.2) is 48.0 Å². The molecule has 13 heterocycles. The minimum absolute atomic E-state index is 0.118. The number of pyridine rings is 3. The van der Waals surface area contributed by atoms with E-state index >= 15 is 0 Å². The van der Waals surface area contributed by atoms with E-state index in [2.05, 4.69) is 101 Å². The molecule has 0 aliphatic heterocycles. The monoisotopic (exact) mass is 2020 g/mol. The second-order valence-corrected chi connectivity index (χ2v) is 34.6. The van der Waals surface area contributed by atoms with Crippen molar-refractivity contribution in [1.82, 2.24) is 97.7 Å². The zero-order valence-corrected chi connectivity index (χ0v) is 84.2. The van der Waals surface area contributed by atoms with Crippen LogP contribution < -0.4 is 85.0 Å². The first-order valence-electron chi connectivity index (χ1n) is 46.0. The number of amides is 2. The summed E-state index contributed by atoms with van der Waals surface area (Å²) < 4.78 is 89.5. The van der Waals surface area contributed by atoms with Gasteiger partial charge in [-0.15, -0.1) is 0 Å². The second kappa shape index (κ2) is 47.2. The molecule has 0 aliphatic carbocycles. The van der Waals surface area contributed by atoms with Crippen LogP contribution in [-0.2, 0) is 37.3 Å². The SMILES string of the molecule is CNS(=O)(=O)c1ccccc1Cn1ccc2cnc(Nc3cc(OC)c(OC)c(OC)c3)nc21.COC(=O)CNC(=O)Cc1cccc(-n2ccc3cnc(Nc4cc(OC)c(OC)c(OC)c4)nc32)c1.COc1ccc(C)c(Nc2ncc3ccn(-c4ccc(OC)nc4)c3n2)c1.COc1ccc(Nc2ncc3ccn(-c4ccncc4)c3n2)c(C)c1.Cc1ccc(C(N)=O)cc1Nc1ncc2ccn(-c3ccccn3)c2n1. The van der Waals surface area contributed by atoms with Crippen LogP contribution in [0.25, 0.3) is 78.0 Å². The van der Waals surface area contributed by atoms with Crippen molar-refractivity contribution in [3.63, 3.8) is 0 Å². The lowest BCUT2D eigenvalue weighted by atomic mass is 10.1. The molecule has 0 radical (unpaired) electrons. The molecule has 0 atom stereocenters. The lowest BCUT2D eigenvalue weighted by Gasteiger charge is -2.15. The fourth-order valence-corrected chi connectivity index (χ4v) is 16.6. The van der Waals surface area contributed by atoms with E-state index in [0.717, 1.165) is 118 Å². The maximum Gasteiger partial charge on any atom is 0.325 e. The number of carbonyl (C=O) groups is 3. The number of nitrogens with two attached hydrogens (primary N) is 1. The molecule has 41 nitrogen and oxygen atoms in total. The van der Waals surface area contributed by atoms with E-state index in [4.69, 9.17) is 53.3 Å². The Morgan fingerprint density at radius 3 is 1.37 bits per heavy atom. The molecule has 0 aliphatic rings. The van der Waals surface area contributed by atoms with E-state index in [1.807, 2.05) is 226 Å². The Morgan fingerprint density at radius 1 is 0.383 bits per heavy atom. The maximum atomic E-state index is 12.4. The van der Waals surface area contributed by atoms with Gasteiger partial charge in [-0.2, -0.15) is 24.9 Å². The van der Waals surface area contributed by atoms with Gasteiger partial charge in [0.15, 0.2) is 28.6 Å². The molecule has 13 aromatic heterocycles. The first-order valence-corrected chi connectivity index (χ1v) is 47.5. The van der Waals surface area contributed by atoms with Crippen molar-refractivity contribution >= 4 is 141 Å². The van der Waals surface area contributed by atoms with Crippen LogP contribution in [0.1, 0.15) is 38.2 Å². The quantitative estimate of drug-likeness (QED) is 0.0182. The summed E-state index contributed by atoms with van der Waals surface area (Å²) in [5, 5.41) is 23.1. The van der Waals surface area contributed by atoms with Gasteiger partial charge in [-0.1, -0.05) is 48.5 Å². The molecule has 0 saturated heterocycles. The number of primary amides is 1. The third kappa shape index (κ3) is 24.4. The molecule has 0 spiro atoms. The van der Waals surface area contributed by atoms with Crippen molar-refractivity contribution < 1.29 is 70.2 Å². The second-order valence-electron chi connectivity index (χ2n) is 32.7. The Kier molecular flexibility index (Phi) is 32.5. The van der Waals surface area contributed by atoms with Gasteiger partial charge >= 0.3 is 5.97 Å². The zero-order valence-electron chi connectivity index (χ0n) is 83.4. The Morgan fingerprint density at radius 2 is 0.866 bits per heavy atom. The average Bonchev–Trinajstić information content (AvgIpc) is 1.67. The van der Waals surface area contributed by atoms with Gasteiger partial charge in [0.05, 0.1) is 107 Å². The Balaban J connectivity index is 0.000000134. The molecule has 20 rings (SSSR count). The summed E-state index contributed by atoms with van der Waals surface area (Å²) in [5.74, 6) is 6.88. The Bertz CT molecular complexity index is 8270. The number of aromatic nitrogens is 18. The first kappa shape index (κ1) is 103. The van der Waals surface area contributed by atoms with Crippen LogP contribution in [0, 0.1) is 20.8 Å². The van der Waals surface area contributed by atoms with Crippen LogP contribution in [0.4, 0.5) is 58.2 Å². The Labute approximate surface area is 854 Å². The van der Waals surface area contributed by atoms with E-state index < -0.39 is 21.9 Å². The van der Waals surface area contributed by atoms with Crippen molar-refractivity contribution in [3.8, 4) is 74.8 Å². The van der Waals surface area contributed by atoms with Gasteiger partial charge in [0.2, 0.25) is 69.0 Å². The number of benzene rings is 7. The van der Waals surface area contributed by atoms with Crippen molar-refractivity contribution in [1.29, 1.82) is 0 Å². The predicted molar refractivity (Wildman–Crippen MR) is 567 cm³/mol. The highest BCUT2D eigenvalue weighted by atomic mass is 32.2. The molecule has 42 heteroatoms. The number of nitrogens with one attached hydrogen (secondary N) is 7. The molecule has 7 aromatic carbocycles. The number of hydrogen-bond donors (Lipinski definition) is 8. The fourth-order valence-electron chi connectivity index (χ4n) is 15.6. The van der Waals surface area contributed by atoms with Crippen LogP contribution in [0.5, 0.6) is 51.9 Å². The number of anilines is 10. The number of rotatable bonds is 32. The number of fused-ring (bicyclic) bond motifs is 5. The molecule has 2 amide bonds. The first-order chi connectivity index (χ1) is 72.4. The van der Waals surface area contributed by atoms with Gasteiger partial charge in [0, 0.05) is 184 Å². The molecule has 20 aromatic rings. The summed E-state index contributed by atoms with van der Waals surface area (Å²) in [6.45, 7) is 6.12. The normalized spacial score (nSPS) is 10.9. The molecule has 0 fully saturated rings. The highest BCUT2D eigenvalue weighted by Gasteiger charge is 2.23. The number of esters is 1. The summed E-state index contributed by atoms with van der Waals surface area (Å²) in [6, 6.07) is 61.4. The van der Waals surface area contributed by atoms with Gasteiger partial charge in [0.1, 0.15) is 46.5 Å². The summed E-state index contributed by atoms with van der Waals surface area (Å²) in [7, 11) is 13.2. The lowest BCUT2D eigenvalue weighted by Crippen LogP contribution is -2.31. The number of sulfonamides is 1. The van der Waals surface area contributed by atoms with E-state index in [-0.39, 0.29) is 23.8 Å². The summed E-state index contributed by atoms with van der Waals surface area (Å²) >= 11 is 0. The summed E-state index contributed by atoms with van der Waals surface area (Å²) in [5.41, 5.74) is 20.6. The van der Waals surface area contributed by atoms with Crippen molar-refractivity contribution in [2.45, 2.75) is 38.6 Å². The fraction of sp³-hybridized carbons (Fsp3) is 0.159. The van der Waals surface area contributed by atoms with Gasteiger partial charge < -0.3 is 98.7 Å². The van der Waals surface area contributed by atoms with E-state index in [1.54, 1.807) is 168 Å². The number of carbonyl (C=O) groups excluding carboxylic acids is 3. The summed E-state index contributed by atoms with van der Waals surface area (Å²) in [4.78, 5) is 93.1. The molecule has 0 bridgehead atoms. The van der Waals surface area contributed by atoms with Crippen molar-refractivity contribution in [2.24, 2.45) is 5.73 Å². The topological polar surface area (TPSA) is 480 Å². The molecule has 758 valence electrons. The summed E-state index contributed by atoms with van der Waals surface area (Å²) in [6.07, 6.45) is 25.5. The van der Waals surface area contributed by atoms with E-state index in [0.29, 0.717) is 110 Å². The molecular weight excluding hydrogens is 1920 g/mol. The third-order valence-electron chi connectivity index (χ3n) is 23.3. The van der Waals surface area contributed by atoms with Crippen molar-refractivity contribution in [2.75, 3.05) is 111 Å². The number of methoxy groups -OCH3 is 10. The van der Waals surface area contributed by atoms with E-state index in [1.165, 1.54) is 14.2 Å². The molecule has 0 saturated carbocycles. The van der Waals surface area contributed by atoms with Gasteiger partial charge in [-0.05, 0) is 171 Å². The predicted octanol–water partition coefficient (Wildman–Crippen LogP) is 16.9. The third-order valence-corrected chi connectivity index (χ3v) is 24.8. The van der Waals surface area contributed by atoms with Crippen molar-refractivity contribution in [3.05, 3.63) is 320 Å². The largest absolute Gasteiger partial charge is 0.497 e. The number of hydrogen-bond acceptors (Lipinski definition) is 33. The van der Waals surface area contributed by atoms with Crippen LogP contribution in [-0.4, -0.2) is 199 Å². The molecule has 0 unspecified atom stereocenters. The van der Waals surface area contributed by atoms with Gasteiger partial charge in [0.25, 0.3) is 0 Å². The minimum Gasteiger partial charge on any atom is -0.497 e. The van der Waals surface area contributed by atoms with Crippen LogP contribution >= 0.6 is 0 Å². The maximum absolute atomic E-state index is 12.4. The number of nitrogens with zero attached hydrogens (tertiary/aromatic N) is 18.